The lowest BCUT2D eigenvalue weighted by Crippen LogP contribution is -2.02. The Bertz CT molecular complexity index is 527. The monoisotopic (exact) mass is 358 g/mol. The summed E-state index contributed by atoms with van der Waals surface area (Å²) in [4.78, 5) is 0. The van der Waals surface area contributed by atoms with Gasteiger partial charge in [-0.05, 0) is 47.2 Å². The van der Waals surface area contributed by atoms with E-state index in [2.05, 4.69) is 63.3 Å². The zero-order valence-electron chi connectivity index (χ0n) is 10.1. The molecule has 0 aliphatic carbocycles. The number of hydrogen-bond donors (Lipinski definition) is 2. The molecule has 0 unspecified atom stereocenters. The minimum Gasteiger partial charge on any atom is -0.394 e. The van der Waals surface area contributed by atoms with Crippen LogP contribution in [-0.2, 0) is 13.1 Å². The van der Waals surface area contributed by atoms with E-state index in [4.69, 9.17) is 5.11 Å². The number of benzene rings is 1. The first-order valence-electron chi connectivity index (χ1n) is 5.69. The number of hydrogen-bond acceptors (Lipinski definition) is 4. The summed E-state index contributed by atoms with van der Waals surface area (Å²) >= 11 is 2.29. The number of aliphatic hydroxyl groups is 1. The van der Waals surface area contributed by atoms with Crippen LogP contribution in [0.4, 0.5) is 5.69 Å². The molecule has 18 heavy (non-hydrogen) atoms. The number of aliphatic hydroxyl groups excluding tert-OH is 1. The quantitative estimate of drug-likeness (QED) is 0.801. The van der Waals surface area contributed by atoms with Gasteiger partial charge in [0, 0.05) is 9.26 Å². The highest BCUT2D eigenvalue weighted by Crippen LogP contribution is 2.18. The van der Waals surface area contributed by atoms with Crippen LogP contribution >= 0.6 is 22.6 Å². The topological polar surface area (TPSA) is 63.0 Å². The number of halogens is 1. The smallest absolute Gasteiger partial charge is 0.102 e. The van der Waals surface area contributed by atoms with Crippen molar-refractivity contribution in [2.75, 3.05) is 11.9 Å². The van der Waals surface area contributed by atoms with Crippen molar-refractivity contribution >= 4 is 28.3 Å². The lowest BCUT2D eigenvalue weighted by molar-refractivity contribution is 0.268. The van der Waals surface area contributed by atoms with E-state index in [9.17, 15) is 0 Å². The van der Waals surface area contributed by atoms with E-state index in [0.29, 0.717) is 13.1 Å². The number of anilines is 1. The van der Waals surface area contributed by atoms with Crippen LogP contribution in [0.5, 0.6) is 0 Å². The molecule has 0 aliphatic heterocycles. The number of nitrogens with zero attached hydrogens (tertiary/aromatic N) is 3. The summed E-state index contributed by atoms with van der Waals surface area (Å²) in [5.41, 5.74) is 3.18. The Balaban J connectivity index is 1.99. The summed E-state index contributed by atoms with van der Waals surface area (Å²) in [5.74, 6) is 0. The van der Waals surface area contributed by atoms with Crippen LogP contribution in [-0.4, -0.2) is 26.7 Å². The fourth-order valence-electron chi connectivity index (χ4n) is 1.60. The van der Waals surface area contributed by atoms with Gasteiger partial charge in [-0.15, -0.1) is 5.10 Å². The van der Waals surface area contributed by atoms with Crippen LogP contribution in [0.15, 0.2) is 24.4 Å². The molecule has 6 heteroatoms. The number of aromatic nitrogens is 3. The fourth-order valence-corrected chi connectivity index (χ4v) is 2.09. The van der Waals surface area contributed by atoms with Crippen LogP contribution in [0, 0.1) is 10.5 Å². The van der Waals surface area contributed by atoms with E-state index < -0.39 is 0 Å². The predicted octanol–water partition coefficient (Wildman–Crippen LogP) is 1.80. The fraction of sp³-hybridized carbons (Fsp3) is 0.333. The van der Waals surface area contributed by atoms with Crippen LogP contribution in [0.1, 0.15) is 11.3 Å². The van der Waals surface area contributed by atoms with Crippen molar-refractivity contribution in [3.8, 4) is 0 Å². The second-order valence-corrected chi connectivity index (χ2v) is 5.25. The third kappa shape index (κ3) is 3.42. The normalized spacial score (nSPS) is 10.6. The Morgan fingerprint density at radius 2 is 2.28 bits per heavy atom. The van der Waals surface area contributed by atoms with Crippen LogP contribution in [0.2, 0.25) is 0 Å². The standard InChI is InChI=1S/C12H15IN4O/c1-9-2-3-10(13)6-12(9)14-7-11-8-17(4-5-18)16-15-11/h2-3,6,8,14,18H,4-5,7H2,1H3. The van der Waals surface area contributed by atoms with Crippen LogP contribution in [0.25, 0.3) is 0 Å². The Morgan fingerprint density at radius 3 is 3.06 bits per heavy atom. The second-order valence-electron chi connectivity index (χ2n) is 4.01. The average Bonchev–Trinajstić information content (AvgIpc) is 2.79. The molecule has 0 amide bonds. The molecular formula is C12H15IN4O. The van der Waals surface area contributed by atoms with Crippen molar-refractivity contribution < 1.29 is 5.11 Å². The van der Waals surface area contributed by atoms with Crippen molar-refractivity contribution in [3.05, 3.63) is 39.2 Å². The summed E-state index contributed by atoms with van der Waals surface area (Å²) in [6, 6.07) is 6.28. The molecule has 0 atom stereocenters. The molecule has 0 fully saturated rings. The maximum atomic E-state index is 8.80. The summed E-state index contributed by atoms with van der Waals surface area (Å²) in [6.45, 7) is 3.26. The van der Waals surface area contributed by atoms with Gasteiger partial charge in [0.05, 0.1) is 25.9 Å². The van der Waals surface area contributed by atoms with E-state index >= 15 is 0 Å². The maximum Gasteiger partial charge on any atom is 0.102 e. The second kappa shape index (κ2) is 6.14. The minimum atomic E-state index is 0.0756. The van der Waals surface area contributed by atoms with Crippen molar-refractivity contribution in [2.45, 2.75) is 20.0 Å². The molecule has 1 aromatic carbocycles. The molecule has 5 nitrogen and oxygen atoms in total. The van der Waals surface area contributed by atoms with Gasteiger partial charge in [0.2, 0.25) is 0 Å². The molecule has 0 aliphatic rings. The molecule has 2 rings (SSSR count). The molecule has 0 saturated heterocycles. The van der Waals surface area contributed by atoms with Crippen molar-refractivity contribution in [2.24, 2.45) is 0 Å². The van der Waals surface area contributed by atoms with Crippen molar-refractivity contribution in [1.29, 1.82) is 0 Å². The van der Waals surface area contributed by atoms with E-state index in [0.717, 1.165) is 11.4 Å². The van der Waals surface area contributed by atoms with Gasteiger partial charge in [0.15, 0.2) is 0 Å². The molecule has 1 aromatic heterocycles. The van der Waals surface area contributed by atoms with Gasteiger partial charge in [-0.3, -0.25) is 0 Å². The van der Waals surface area contributed by atoms with E-state index in [1.165, 1.54) is 9.13 Å². The lowest BCUT2D eigenvalue weighted by Gasteiger charge is -2.08. The van der Waals surface area contributed by atoms with Gasteiger partial charge in [-0.1, -0.05) is 11.3 Å². The summed E-state index contributed by atoms with van der Waals surface area (Å²) in [6.07, 6.45) is 1.84. The first-order valence-corrected chi connectivity index (χ1v) is 6.77. The minimum absolute atomic E-state index is 0.0756. The molecule has 96 valence electrons. The van der Waals surface area contributed by atoms with Crippen LogP contribution < -0.4 is 5.32 Å². The third-order valence-corrected chi connectivity index (χ3v) is 3.25. The summed E-state index contributed by atoms with van der Waals surface area (Å²) in [7, 11) is 0. The van der Waals surface area contributed by atoms with Gasteiger partial charge in [0.25, 0.3) is 0 Å². The van der Waals surface area contributed by atoms with Crippen LogP contribution in [0.3, 0.4) is 0 Å². The Hall–Kier alpha value is -1.15. The largest absolute Gasteiger partial charge is 0.394 e. The number of nitrogens with one attached hydrogen (secondary N) is 1. The molecule has 0 radical (unpaired) electrons. The molecule has 0 bridgehead atoms. The Morgan fingerprint density at radius 1 is 1.44 bits per heavy atom. The van der Waals surface area contributed by atoms with Gasteiger partial charge < -0.3 is 10.4 Å². The highest BCUT2D eigenvalue weighted by molar-refractivity contribution is 14.1. The third-order valence-electron chi connectivity index (χ3n) is 2.57. The van der Waals surface area contributed by atoms with E-state index in [-0.39, 0.29) is 6.61 Å². The highest BCUT2D eigenvalue weighted by Gasteiger charge is 2.02. The Kier molecular flexibility index (Phi) is 4.54. The lowest BCUT2D eigenvalue weighted by atomic mass is 10.2. The predicted molar refractivity (Wildman–Crippen MR) is 78.3 cm³/mol. The SMILES string of the molecule is Cc1ccc(I)cc1NCc1cn(CCO)nn1. The zero-order valence-corrected chi connectivity index (χ0v) is 12.3. The highest BCUT2D eigenvalue weighted by atomic mass is 127. The van der Waals surface area contributed by atoms with Gasteiger partial charge in [-0.25, -0.2) is 4.68 Å². The number of rotatable bonds is 5. The van der Waals surface area contributed by atoms with Crippen molar-refractivity contribution in [1.82, 2.24) is 15.0 Å². The molecule has 1 heterocycles. The summed E-state index contributed by atoms with van der Waals surface area (Å²) < 4.78 is 2.84. The number of aryl methyl sites for hydroxylation is 1. The Labute approximate surface area is 119 Å². The summed E-state index contributed by atoms with van der Waals surface area (Å²) in [5, 5.41) is 20.1. The first-order chi connectivity index (χ1) is 8.69. The van der Waals surface area contributed by atoms with E-state index in [1.807, 2.05) is 6.20 Å². The molecule has 0 saturated carbocycles. The molecule has 0 spiro atoms. The molecule has 2 N–H and O–H groups in total. The first kappa shape index (κ1) is 13.3. The average molecular weight is 358 g/mol. The zero-order chi connectivity index (χ0) is 13.0. The van der Waals surface area contributed by atoms with Gasteiger partial charge in [0.1, 0.15) is 5.69 Å². The molecular weight excluding hydrogens is 343 g/mol. The van der Waals surface area contributed by atoms with Gasteiger partial charge in [-0.2, -0.15) is 0 Å². The molecule has 2 aromatic rings. The van der Waals surface area contributed by atoms with E-state index in [1.54, 1.807) is 4.68 Å². The van der Waals surface area contributed by atoms with Gasteiger partial charge >= 0.3 is 0 Å². The van der Waals surface area contributed by atoms with Crippen molar-refractivity contribution in [3.63, 3.8) is 0 Å². The maximum absolute atomic E-state index is 8.80.